The zero-order valence-electron chi connectivity index (χ0n) is 7.28. The number of alkyl halides is 1. The first-order valence-electron chi connectivity index (χ1n) is 3.70. The van der Waals surface area contributed by atoms with Gasteiger partial charge in [-0.15, -0.1) is 11.6 Å². The van der Waals surface area contributed by atoms with Crippen LogP contribution >= 0.6 is 11.6 Å². The molecule has 0 aliphatic rings. The van der Waals surface area contributed by atoms with Crippen LogP contribution in [0.15, 0.2) is 0 Å². The summed E-state index contributed by atoms with van der Waals surface area (Å²) in [6.45, 7) is 8.88. The standard InChI is InChI=1S/C8H17ClO/c1-7(9)5-6-10-8(2,3)4/h7H,5-6H2,1-4H3. The molecule has 0 heterocycles. The van der Waals surface area contributed by atoms with E-state index in [0.717, 1.165) is 13.0 Å². The molecule has 0 radical (unpaired) electrons. The van der Waals surface area contributed by atoms with Crippen molar-refractivity contribution in [2.75, 3.05) is 6.61 Å². The molecule has 0 aromatic heterocycles. The second-order valence-corrected chi connectivity index (χ2v) is 4.28. The molecule has 1 atom stereocenters. The largest absolute Gasteiger partial charge is 0.376 e. The van der Waals surface area contributed by atoms with Crippen molar-refractivity contribution >= 4 is 11.6 Å². The third-order valence-corrected chi connectivity index (χ3v) is 1.27. The van der Waals surface area contributed by atoms with E-state index >= 15 is 0 Å². The first-order chi connectivity index (χ1) is 4.42. The van der Waals surface area contributed by atoms with E-state index in [-0.39, 0.29) is 11.0 Å². The van der Waals surface area contributed by atoms with Crippen molar-refractivity contribution in [3.05, 3.63) is 0 Å². The first kappa shape index (κ1) is 10.2. The average molecular weight is 165 g/mol. The van der Waals surface area contributed by atoms with E-state index in [0.29, 0.717) is 0 Å². The highest BCUT2D eigenvalue weighted by atomic mass is 35.5. The van der Waals surface area contributed by atoms with E-state index in [4.69, 9.17) is 16.3 Å². The minimum atomic E-state index is -0.0220. The third kappa shape index (κ3) is 8.25. The molecule has 0 spiro atoms. The molecule has 10 heavy (non-hydrogen) atoms. The molecule has 0 amide bonds. The summed E-state index contributed by atoms with van der Waals surface area (Å²) >= 11 is 5.73. The molecular weight excluding hydrogens is 148 g/mol. The van der Waals surface area contributed by atoms with Gasteiger partial charge in [-0.1, -0.05) is 0 Å². The Morgan fingerprint density at radius 1 is 1.40 bits per heavy atom. The van der Waals surface area contributed by atoms with Crippen molar-refractivity contribution in [3.63, 3.8) is 0 Å². The second kappa shape index (κ2) is 4.20. The minimum Gasteiger partial charge on any atom is -0.376 e. The third-order valence-electron chi connectivity index (χ3n) is 1.05. The highest BCUT2D eigenvalue weighted by Crippen LogP contribution is 2.09. The molecule has 2 heteroatoms. The Bertz CT molecular complexity index is 83.7. The van der Waals surface area contributed by atoms with Gasteiger partial charge in [-0.05, 0) is 34.1 Å². The van der Waals surface area contributed by atoms with Gasteiger partial charge in [0, 0.05) is 12.0 Å². The van der Waals surface area contributed by atoms with Crippen molar-refractivity contribution in [1.29, 1.82) is 0 Å². The smallest absolute Gasteiger partial charge is 0.0598 e. The monoisotopic (exact) mass is 164 g/mol. The maximum absolute atomic E-state index is 5.73. The van der Waals surface area contributed by atoms with Crippen LogP contribution in [0, 0.1) is 0 Å². The van der Waals surface area contributed by atoms with Crippen LogP contribution in [0.3, 0.4) is 0 Å². The molecule has 0 N–H and O–H groups in total. The minimum absolute atomic E-state index is 0.0220. The Labute approximate surface area is 68.7 Å². The number of halogens is 1. The van der Waals surface area contributed by atoms with Gasteiger partial charge < -0.3 is 4.74 Å². The van der Waals surface area contributed by atoms with Gasteiger partial charge in [0.15, 0.2) is 0 Å². The summed E-state index contributed by atoms with van der Waals surface area (Å²) in [5.41, 5.74) is -0.0220. The summed E-state index contributed by atoms with van der Waals surface area (Å²) in [5.74, 6) is 0. The SMILES string of the molecule is CC(Cl)CCOC(C)(C)C. The van der Waals surface area contributed by atoms with Crippen LogP contribution in [0.4, 0.5) is 0 Å². The number of hydrogen-bond acceptors (Lipinski definition) is 1. The van der Waals surface area contributed by atoms with E-state index in [1.165, 1.54) is 0 Å². The van der Waals surface area contributed by atoms with Gasteiger partial charge >= 0.3 is 0 Å². The van der Waals surface area contributed by atoms with Crippen molar-refractivity contribution in [2.24, 2.45) is 0 Å². The lowest BCUT2D eigenvalue weighted by molar-refractivity contribution is -0.00382. The Hall–Kier alpha value is 0.250. The molecule has 1 nitrogen and oxygen atoms in total. The van der Waals surface area contributed by atoms with Gasteiger partial charge in [-0.25, -0.2) is 0 Å². The predicted octanol–water partition coefficient (Wildman–Crippen LogP) is 2.82. The van der Waals surface area contributed by atoms with Gasteiger partial charge in [-0.2, -0.15) is 0 Å². The normalized spacial score (nSPS) is 15.3. The highest BCUT2D eigenvalue weighted by Gasteiger charge is 2.09. The van der Waals surface area contributed by atoms with E-state index in [9.17, 15) is 0 Å². The maximum Gasteiger partial charge on any atom is 0.0598 e. The first-order valence-corrected chi connectivity index (χ1v) is 4.13. The maximum atomic E-state index is 5.73. The fraction of sp³-hybridized carbons (Fsp3) is 1.00. The summed E-state index contributed by atoms with van der Waals surface area (Å²) in [7, 11) is 0. The molecule has 0 aromatic rings. The van der Waals surface area contributed by atoms with Crippen LogP contribution in [-0.2, 0) is 4.74 Å². The average Bonchev–Trinajstić information content (AvgIpc) is 1.59. The molecule has 62 valence electrons. The Morgan fingerprint density at radius 2 is 1.90 bits per heavy atom. The van der Waals surface area contributed by atoms with Crippen LogP contribution in [0.5, 0.6) is 0 Å². The number of rotatable bonds is 3. The van der Waals surface area contributed by atoms with Crippen molar-refractivity contribution in [3.8, 4) is 0 Å². The molecule has 0 saturated heterocycles. The molecule has 0 saturated carbocycles. The molecule has 0 bridgehead atoms. The molecule has 0 aliphatic heterocycles. The molecule has 0 fully saturated rings. The second-order valence-electron chi connectivity index (χ2n) is 3.53. The van der Waals surface area contributed by atoms with Crippen LogP contribution in [0.2, 0.25) is 0 Å². The van der Waals surface area contributed by atoms with E-state index < -0.39 is 0 Å². The van der Waals surface area contributed by atoms with Crippen molar-refractivity contribution in [2.45, 2.75) is 45.1 Å². The quantitative estimate of drug-likeness (QED) is 0.583. The fourth-order valence-electron chi connectivity index (χ4n) is 0.528. The summed E-state index contributed by atoms with van der Waals surface area (Å²) < 4.78 is 5.46. The Balaban J connectivity index is 3.21. The van der Waals surface area contributed by atoms with Gasteiger partial charge in [0.05, 0.1) is 5.60 Å². The zero-order valence-corrected chi connectivity index (χ0v) is 8.03. The lowest BCUT2D eigenvalue weighted by Crippen LogP contribution is -2.20. The summed E-state index contributed by atoms with van der Waals surface area (Å²) in [4.78, 5) is 0. The van der Waals surface area contributed by atoms with Crippen molar-refractivity contribution < 1.29 is 4.74 Å². The molecule has 0 aliphatic carbocycles. The predicted molar refractivity (Wildman–Crippen MR) is 45.6 cm³/mol. The van der Waals surface area contributed by atoms with Crippen LogP contribution < -0.4 is 0 Å². The summed E-state index contributed by atoms with van der Waals surface area (Å²) in [6.07, 6.45) is 0.929. The van der Waals surface area contributed by atoms with Crippen molar-refractivity contribution in [1.82, 2.24) is 0 Å². The summed E-state index contributed by atoms with van der Waals surface area (Å²) in [5, 5.41) is 0.224. The Morgan fingerprint density at radius 3 is 2.20 bits per heavy atom. The van der Waals surface area contributed by atoms with Crippen LogP contribution in [-0.4, -0.2) is 17.6 Å². The zero-order chi connectivity index (χ0) is 8.20. The summed E-state index contributed by atoms with van der Waals surface area (Å²) in [6, 6.07) is 0. The molecule has 0 rings (SSSR count). The van der Waals surface area contributed by atoms with Gasteiger partial charge in [0.2, 0.25) is 0 Å². The van der Waals surface area contributed by atoms with Crippen LogP contribution in [0.1, 0.15) is 34.1 Å². The van der Waals surface area contributed by atoms with E-state index in [2.05, 4.69) is 0 Å². The lowest BCUT2D eigenvalue weighted by Gasteiger charge is -2.19. The number of ether oxygens (including phenoxy) is 1. The highest BCUT2D eigenvalue weighted by molar-refractivity contribution is 6.20. The molecule has 1 unspecified atom stereocenters. The van der Waals surface area contributed by atoms with Gasteiger partial charge in [-0.3, -0.25) is 0 Å². The van der Waals surface area contributed by atoms with Gasteiger partial charge in [0.25, 0.3) is 0 Å². The van der Waals surface area contributed by atoms with E-state index in [1.54, 1.807) is 0 Å². The topological polar surface area (TPSA) is 9.23 Å². The Kier molecular flexibility index (Phi) is 4.30. The van der Waals surface area contributed by atoms with Gasteiger partial charge in [0.1, 0.15) is 0 Å². The molecule has 0 aromatic carbocycles. The van der Waals surface area contributed by atoms with Crippen LogP contribution in [0.25, 0.3) is 0 Å². The fourth-order valence-corrected chi connectivity index (χ4v) is 0.617. The van der Waals surface area contributed by atoms with E-state index in [1.807, 2.05) is 27.7 Å². The number of hydrogen-bond donors (Lipinski definition) is 0. The molecular formula is C8H17ClO. The lowest BCUT2D eigenvalue weighted by atomic mass is 10.2.